The van der Waals surface area contributed by atoms with Gasteiger partial charge in [-0.25, -0.2) is 0 Å². The van der Waals surface area contributed by atoms with E-state index in [4.69, 9.17) is 32.8 Å². The highest BCUT2D eigenvalue weighted by molar-refractivity contribution is 5.94. The molecule has 0 bridgehead atoms. The van der Waals surface area contributed by atoms with E-state index in [1.807, 2.05) is 0 Å². The number of guanidine groups is 1. The Morgan fingerprint density at radius 2 is 1.59 bits per heavy atom. The van der Waals surface area contributed by atoms with Crippen molar-refractivity contribution in [3.63, 3.8) is 0 Å². The van der Waals surface area contributed by atoms with E-state index >= 15 is 0 Å². The van der Waals surface area contributed by atoms with Crippen LogP contribution < -0.4 is 34.0 Å². The molecule has 2 rings (SSSR count). The number of rotatable bonds is 21. The lowest BCUT2D eigenvalue weighted by Crippen LogP contribution is -2.46. The second-order valence-electron chi connectivity index (χ2n) is 11.4. The summed E-state index contributed by atoms with van der Waals surface area (Å²) in [6.45, 7) is 1.58. The van der Waals surface area contributed by atoms with E-state index < -0.39 is 66.6 Å². The summed E-state index contributed by atoms with van der Waals surface area (Å²) in [6, 6.07) is 8.08. The van der Waals surface area contributed by atoms with Crippen molar-refractivity contribution >= 4 is 29.3 Å². The van der Waals surface area contributed by atoms with Crippen LogP contribution in [-0.2, 0) is 32.0 Å². The van der Waals surface area contributed by atoms with Crippen LogP contribution in [0, 0.1) is 25.7 Å². The van der Waals surface area contributed by atoms with Crippen molar-refractivity contribution in [1.29, 1.82) is 0 Å². The minimum atomic E-state index is -2.44. The molecule has 0 unspecified atom stereocenters. The van der Waals surface area contributed by atoms with Crippen molar-refractivity contribution in [3.8, 4) is 5.75 Å². The van der Waals surface area contributed by atoms with Crippen molar-refractivity contribution in [2.75, 3.05) is 13.0 Å². The first-order valence-electron chi connectivity index (χ1n) is 17.3. The fraction of sp³-hybridized carbons (Fsp3) is 0.500. The number of aliphatic imine (C=N–C) groups is 1. The largest absolute Gasteiger partial charge is 0.508 e. The van der Waals surface area contributed by atoms with Gasteiger partial charge in [-0.05, 0) is 99.7 Å². The Morgan fingerprint density at radius 1 is 0.935 bits per heavy atom. The molecule has 0 saturated heterocycles. The van der Waals surface area contributed by atoms with Gasteiger partial charge in [-0.3, -0.25) is 24.2 Å². The summed E-state index contributed by atoms with van der Waals surface area (Å²) in [5, 5.41) is 12.6. The Labute approximate surface area is 277 Å². The first kappa shape index (κ1) is 31.7. The number of nitrogens with zero attached hydrogens (tertiary/aromatic N) is 1. The zero-order chi connectivity index (χ0) is 37.9. The molecule has 0 radical (unpaired) electrons. The van der Waals surface area contributed by atoms with Crippen LogP contribution in [0.15, 0.2) is 47.5 Å². The third kappa shape index (κ3) is 13.0. The van der Waals surface area contributed by atoms with Gasteiger partial charge in [0.05, 0.1) is 13.4 Å². The van der Waals surface area contributed by atoms with Gasteiger partial charge in [-0.2, -0.15) is 0 Å². The molecule has 0 heterocycles. The number of ketones is 2. The summed E-state index contributed by atoms with van der Waals surface area (Å²) in [5.74, 6) is -6.77. The fourth-order valence-electron chi connectivity index (χ4n) is 5.14. The maximum atomic E-state index is 14.1. The predicted octanol–water partition coefficient (Wildman–Crippen LogP) is 1.43. The van der Waals surface area contributed by atoms with Gasteiger partial charge in [0.25, 0.3) is 0 Å². The Morgan fingerprint density at radius 3 is 2.17 bits per heavy atom. The summed E-state index contributed by atoms with van der Waals surface area (Å²) < 4.78 is 33.4. The molecular weight excluding hydrogens is 586 g/mol. The number of aryl methyl sites for hydroxylation is 2. The number of amides is 2. The molecule has 252 valence electrons. The van der Waals surface area contributed by atoms with Crippen LogP contribution in [0.5, 0.6) is 5.75 Å². The molecule has 4 atom stereocenters. The molecule has 46 heavy (non-hydrogen) atoms. The van der Waals surface area contributed by atoms with E-state index in [2.05, 4.69) is 10.3 Å². The molecule has 0 fully saturated rings. The fourth-order valence-corrected chi connectivity index (χ4v) is 5.14. The number of primary amides is 1. The molecule has 0 saturated carbocycles. The van der Waals surface area contributed by atoms with Gasteiger partial charge in [-0.1, -0.05) is 30.3 Å². The number of phenols is 1. The van der Waals surface area contributed by atoms with E-state index in [0.29, 0.717) is 28.7 Å². The highest BCUT2D eigenvalue weighted by Gasteiger charge is 2.31. The molecule has 0 spiro atoms. The number of hydrogen-bond donors (Lipinski definition) is 7. The van der Waals surface area contributed by atoms with Crippen LogP contribution in [0.3, 0.4) is 0 Å². The number of nitrogens with one attached hydrogen (secondary N) is 1. The zero-order valence-electron chi connectivity index (χ0n) is 30.7. The molecule has 2 amide bonds. The van der Waals surface area contributed by atoms with Gasteiger partial charge < -0.3 is 39.1 Å². The number of carbonyl (C=O) groups is 4. The standard InChI is InChI=1S/C34H51N7O5/c1-21-15-26(42)16-22(2)27(21)18-25(20-30(43)28(36)11-8-14-40-34(38)39)33(46)41-29(12-6-7-13-35)31(44)19-24(32(37)45)17-23-9-4-3-5-10-23/h3-5,9-10,15-16,24-25,28-29,42H,6-8,11-14,17-20,35-36H2,1-2H3,(H2,37,45)(H,41,46)(H4,38,39,40)/t24-,25-,28-,29+/m1/s1/i13D2,24D,29D. The van der Waals surface area contributed by atoms with Crippen LogP contribution in [0.4, 0.5) is 0 Å². The number of benzene rings is 2. The molecule has 12 N–H and O–H groups in total. The van der Waals surface area contributed by atoms with E-state index in [-0.39, 0.29) is 56.8 Å². The minimum absolute atomic E-state index is 0.0104. The highest BCUT2D eigenvalue weighted by Crippen LogP contribution is 2.26. The minimum Gasteiger partial charge on any atom is -0.508 e. The van der Waals surface area contributed by atoms with Crippen molar-refractivity contribution in [2.24, 2.45) is 45.5 Å². The van der Waals surface area contributed by atoms with E-state index in [0.717, 1.165) is 0 Å². The number of phenolic OH excluding ortho intramolecular Hbond substituents is 1. The zero-order valence-corrected chi connectivity index (χ0v) is 26.7. The Balaban J connectivity index is 2.46. The Hall–Kier alpha value is -4.29. The third-order valence-corrected chi connectivity index (χ3v) is 7.67. The van der Waals surface area contributed by atoms with Crippen LogP contribution in [0.25, 0.3) is 0 Å². The number of Topliss-reactive ketones (excluding diaryl/α,β-unsaturated/α-hetero) is 2. The average Bonchev–Trinajstić information content (AvgIpc) is 2.99. The van der Waals surface area contributed by atoms with Crippen LogP contribution in [-0.4, -0.2) is 59.5 Å². The molecule has 12 heteroatoms. The molecule has 0 aliphatic rings. The van der Waals surface area contributed by atoms with Crippen LogP contribution in [0.1, 0.15) is 72.7 Å². The van der Waals surface area contributed by atoms with E-state index in [1.165, 1.54) is 12.1 Å². The predicted molar refractivity (Wildman–Crippen MR) is 180 cm³/mol. The molecular formula is C34H51N7O5. The van der Waals surface area contributed by atoms with Gasteiger partial charge in [0.1, 0.15) is 11.5 Å². The lowest BCUT2D eigenvalue weighted by molar-refractivity contribution is -0.133. The lowest BCUT2D eigenvalue weighted by Gasteiger charge is -2.25. The molecule has 2 aromatic rings. The van der Waals surface area contributed by atoms with E-state index in [9.17, 15) is 25.7 Å². The van der Waals surface area contributed by atoms with Gasteiger partial charge in [0.15, 0.2) is 11.7 Å². The lowest BCUT2D eigenvalue weighted by atomic mass is 9.86. The molecule has 0 aliphatic carbocycles. The summed E-state index contributed by atoms with van der Waals surface area (Å²) in [5.41, 5.74) is 30.5. The molecule has 0 aromatic heterocycles. The monoisotopic (exact) mass is 641 g/mol. The Bertz CT molecular complexity index is 1510. The van der Waals surface area contributed by atoms with Crippen molar-refractivity contribution < 1.29 is 29.8 Å². The molecule has 0 aliphatic heterocycles. The SMILES string of the molecule is [2H]C([2H])(N)CCC[C@]([2H])(NC(=O)[C@@H](CC(=O)[C@H](N)CCCN=C(N)N)Cc1c(C)cc(O)cc1C)C(=O)C[C@@]([2H])(Cc1ccccc1)C(N)=O. The number of nitrogens with two attached hydrogens (primary N) is 5. The average molecular weight is 642 g/mol. The number of aromatic hydroxyl groups is 1. The maximum absolute atomic E-state index is 14.1. The summed E-state index contributed by atoms with van der Waals surface area (Å²) in [7, 11) is 0. The highest BCUT2D eigenvalue weighted by atomic mass is 16.3. The number of carbonyl (C=O) groups excluding carboxylic acids is 4. The first-order chi connectivity index (χ1) is 23.2. The third-order valence-electron chi connectivity index (χ3n) is 7.67. The quantitative estimate of drug-likeness (QED) is 0.0591. The van der Waals surface area contributed by atoms with Crippen molar-refractivity contribution in [1.82, 2.24) is 5.32 Å². The van der Waals surface area contributed by atoms with Gasteiger partial charge in [0.2, 0.25) is 11.8 Å². The topological polar surface area (TPSA) is 243 Å². The molecule has 2 aromatic carbocycles. The van der Waals surface area contributed by atoms with Crippen LogP contribution in [0.2, 0.25) is 0 Å². The van der Waals surface area contributed by atoms with Gasteiger partial charge >= 0.3 is 0 Å². The summed E-state index contributed by atoms with van der Waals surface area (Å²) >= 11 is 0. The van der Waals surface area contributed by atoms with Gasteiger partial charge in [-0.15, -0.1) is 0 Å². The summed E-state index contributed by atoms with van der Waals surface area (Å²) in [4.78, 5) is 57.8. The maximum Gasteiger partial charge on any atom is 0.224 e. The number of hydrogen-bond acceptors (Lipinski definition) is 8. The van der Waals surface area contributed by atoms with Crippen molar-refractivity contribution in [3.05, 3.63) is 64.7 Å². The molecule has 12 nitrogen and oxygen atoms in total. The first-order valence-corrected chi connectivity index (χ1v) is 15.3. The normalized spacial score (nSPS) is 16.6. The summed E-state index contributed by atoms with van der Waals surface area (Å²) in [6.07, 6.45) is -1.58. The van der Waals surface area contributed by atoms with Crippen molar-refractivity contribution in [2.45, 2.75) is 83.7 Å². The smallest absolute Gasteiger partial charge is 0.224 e. The van der Waals surface area contributed by atoms with E-state index in [1.54, 1.807) is 44.2 Å². The van der Waals surface area contributed by atoms with Crippen LogP contribution >= 0.6 is 0 Å². The Kier molecular flexibility index (Phi) is 13.3. The second kappa shape index (κ2) is 19.3. The van der Waals surface area contributed by atoms with Gasteiger partial charge in [0, 0.05) is 35.3 Å². The second-order valence-corrected chi connectivity index (χ2v) is 11.4.